The fraction of sp³-hybridized carbons (Fsp3) is 0.419. The molecule has 40 heavy (non-hydrogen) atoms. The standard InChI is InChI=1S/C31H35FN2O5S/c1-19(31(35)36)12-21-4-5-22-7-9-29(39-30(22)14-21)23-6-8-26(27-13-20(2)33-16-28(27)32)24(15-23)17-34-11-10-25(18-34)40(3,37)38/h4-6,8,13-16,19,25,29H,7,9-12,17-18H2,1-3H3,(H,35,36). The summed E-state index contributed by atoms with van der Waals surface area (Å²) in [6.45, 7) is 5.12. The number of nitrogens with zero attached hydrogens (tertiary/aromatic N) is 2. The molecule has 0 aliphatic carbocycles. The van der Waals surface area contributed by atoms with E-state index in [2.05, 4.69) is 16.0 Å². The van der Waals surface area contributed by atoms with E-state index in [1.165, 1.54) is 12.5 Å². The molecule has 2 aromatic carbocycles. The lowest BCUT2D eigenvalue weighted by Crippen LogP contribution is -2.26. The number of rotatable bonds is 8. The smallest absolute Gasteiger partial charge is 0.306 e. The van der Waals surface area contributed by atoms with Gasteiger partial charge in [-0.05, 0) is 79.1 Å². The maximum atomic E-state index is 14.9. The number of pyridine rings is 1. The molecule has 3 atom stereocenters. The number of fused-ring (bicyclic) bond motifs is 1. The predicted octanol–water partition coefficient (Wildman–Crippen LogP) is 5.14. The molecule has 0 spiro atoms. The van der Waals surface area contributed by atoms with Gasteiger partial charge in [-0.1, -0.05) is 37.3 Å². The summed E-state index contributed by atoms with van der Waals surface area (Å²) in [5.41, 5.74) is 5.84. The first-order valence-electron chi connectivity index (χ1n) is 13.7. The zero-order valence-corrected chi connectivity index (χ0v) is 23.9. The van der Waals surface area contributed by atoms with Gasteiger partial charge < -0.3 is 9.84 Å². The van der Waals surface area contributed by atoms with Crippen molar-refractivity contribution in [3.05, 3.63) is 82.4 Å². The van der Waals surface area contributed by atoms with Crippen LogP contribution in [0.2, 0.25) is 0 Å². The summed E-state index contributed by atoms with van der Waals surface area (Å²) >= 11 is 0. The van der Waals surface area contributed by atoms with Gasteiger partial charge in [0.15, 0.2) is 9.84 Å². The number of hydrogen-bond donors (Lipinski definition) is 1. The Balaban J connectivity index is 1.45. The molecule has 3 heterocycles. The number of benzene rings is 2. The van der Waals surface area contributed by atoms with E-state index in [9.17, 15) is 22.7 Å². The van der Waals surface area contributed by atoms with Gasteiger partial charge >= 0.3 is 5.97 Å². The Morgan fingerprint density at radius 1 is 1.18 bits per heavy atom. The van der Waals surface area contributed by atoms with Crippen LogP contribution < -0.4 is 4.74 Å². The Kier molecular flexibility index (Phi) is 7.97. The van der Waals surface area contributed by atoms with E-state index >= 15 is 0 Å². The lowest BCUT2D eigenvalue weighted by molar-refractivity contribution is -0.141. The highest BCUT2D eigenvalue weighted by Crippen LogP contribution is 2.38. The quantitative estimate of drug-likeness (QED) is 0.403. The van der Waals surface area contributed by atoms with Crippen LogP contribution in [0, 0.1) is 18.7 Å². The molecule has 0 amide bonds. The lowest BCUT2D eigenvalue weighted by atomic mass is 9.91. The minimum absolute atomic E-state index is 0.209. The molecule has 1 saturated heterocycles. The molecule has 0 saturated carbocycles. The van der Waals surface area contributed by atoms with E-state index in [0.29, 0.717) is 43.7 Å². The van der Waals surface area contributed by atoms with Crippen LogP contribution in [0.25, 0.3) is 11.1 Å². The van der Waals surface area contributed by atoms with Crippen molar-refractivity contribution in [2.75, 3.05) is 19.3 Å². The first-order valence-corrected chi connectivity index (χ1v) is 15.6. The van der Waals surface area contributed by atoms with Crippen LogP contribution in [0.1, 0.15) is 53.8 Å². The molecule has 0 radical (unpaired) electrons. The number of carboxylic acids is 1. The zero-order chi connectivity index (χ0) is 28.6. The maximum Gasteiger partial charge on any atom is 0.306 e. The van der Waals surface area contributed by atoms with Crippen LogP contribution >= 0.6 is 0 Å². The number of carboxylic acid groups (broad SMARTS) is 1. The number of aliphatic carboxylic acids is 1. The second-order valence-corrected chi connectivity index (χ2v) is 13.6. The van der Waals surface area contributed by atoms with Crippen molar-refractivity contribution in [3.8, 4) is 16.9 Å². The van der Waals surface area contributed by atoms with E-state index in [1.807, 2.05) is 37.3 Å². The second kappa shape index (κ2) is 11.3. The van der Waals surface area contributed by atoms with Crippen LogP contribution in [0.15, 0.2) is 48.7 Å². The number of halogens is 1. The summed E-state index contributed by atoms with van der Waals surface area (Å²) in [5.74, 6) is -0.951. The summed E-state index contributed by atoms with van der Waals surface area (Å²) in [5, 5.41) is 8.91. The van der Waals surface area contributed by atoms with Gasteiger partial charge in [0.1, 0.15) is 17.7 Å². The molecule has 9 heteroatoms. The molecular formula is C31H35FN2O5S. The summed E-state index contributed by atoms with van der Waals surface area (Å²) in [6.07, 6.45) is 4.93. The average Bonchev–Trinajstić information content (AvgIpc) is 3.39. The van der Waals surface area contributed by atoms with E-state index in [4.69, 9.17) is 4.74 Å². The summed E-state index contributed by atoms with van der Waals surface area (Å²) in [4.78, 5) is 17.5. The van der Waals surface area contributed by atoms with Crippen molar-refractivity contribution >= 4 is 15.8 Å². The number of aromatic nitrogens is 1. The van der Waals surface area contributed by atoms with Crippen molar-refractivity contribution in [2.24, 2.45) is 5.92 Å². The summed E-state index contributed by atoms with van der Waals surface area (Å²) in [6, 6.07) is 13.6. The monoisotopic (exact) mass is 566 g/mol. The third-order valence-electron chi connectivity index (χ3n) is 8.05. The Morgan fingerprint density at radius 3 is 2.70 bits per heavy atom. The molecule has 1 N–H and O–H groups in total. The minimum Gasteiger partial charge on any atom is -0.485 e. The van der Waals surface area contributed by atoms with Crippen molar-refractivity contribution in [2.45, 2.75) is 57.4 Å². The third-order valence-corrected chi connectivity index (χ3v) is 9.65. The molecule has 7 nitrogen and oxygen atoms in total. The molecule has 0 bridgehead atoms. The van der Waals surface area contributed by atoms with E-state index < -0.39 is 32.8 Å². The number of likely N-dealkylation sites (tertiary alicyclic amines) is 1. The normalized spacial score (nSPS) is 20.1. The van der Waals surface area contributed by atoms with Crippen LogP contribution in [0.3, 0.4) is 0 Å². The van der Waals surface area contributed by atoms with Gasteiger partial charge in [-0.25, -0.2) is 12.8 Å². The van der Waals surface area contributed by atoms with Gasteiger partial charge in [-0.15, -0.1) is 0 Å². The third kappa shape index (κ3) is 6.20. The molecule has 3 unspecified atom stereocenters. The van der Waals surface area contributed by atoms with Crippen LogP contribution in [0.5, 0.6) is 5.75 Å². The van der Waals surface area contributed by atoms with Crippen molar-refractivity contribution in [3.63, 3.8) is 0 Å². The zero-order valence-electron chi connectivity index (χ0n) is 23.1. The largest absolute Gasteiger partial charge is 0.485 e. The maximum absolute atomic E-state index is 14.9. The lowest BCUT2D eigenvalue weighted by Gasteiger charge is -2.28. The molecule has 5 rings (SSSR count). The van der Waals surface area contributed by atoms with Crippen molar-refractivity contribution in [1.82, 2.24) is 9.88 Å². The average molecular weight is 567 g/mol. The van der Waals surface area contributed by atoms with E-state index in [-0.39, 0.29) is 6.10 Å². The molecule has 3 aromatic rings. The number of carbonyl (C=O) groups is 1. The van der Waals surface area contributed by atoms with Gasteiger partial charge in [0, 0.05) is 30.6 Å². The summed E-state index contributed by atoms with van der Waals surface area (Å²) in [7, 11) is -3.13. The Labute approximate surface area is 234 Å². The fourth-order valence-corrected chi connectivity index (χ4v) is 6.72. The molecule has 212 valence electrons. The molecular weight excluding hydrogens is 531 g/mol. The van der Waals surface area contributed by atoms with Gasteiger partial charge in [0.2, 0.25) is 0 Å². The van der Waals surface area contributed by atoms with Gasteiger partial charge in [-0.2, -0.15) is 0 Å². The van der Waals surface area contributed by atoms with Gasteiger partial charge in [0.05, 0.1) is 17.4 Å². The number of ether oxygens (including phenoxy) is 1. The Bertz CT molecular complexity index is 1540. The molecule has 2 aliphatic heterocycles. The number of sulfone groups is 1. The first-order chi connectivity index (χ1) is 19.0. The predicted molar refractivity (Wildman–Crippen MR) is 152 cm³/mol. The second-order valence-electron chi connectivity index (χ2n) is 11.2. The topological polar surface area (TPSA) is 96.8 Å². The van der Waals surface area contributed by atoms with E-state index in [0.717, 1.165) is 46.4 Å². The number of aryl methyl sites for hydroxylation is 2. The SMILES string of the molecule is Cc1cc(-c2ccc(C3CCc4ccc(CC(C)C(=O)O)cc4O3)cc2CN2CCC(S(C)(=O)=O)C2)c(F)cn1. The first kappa shape index (κ1) is 28.2. The van der Waals surface area contributed by atoms with Crippen molar-refractivity contribution < 1.29 is 27.4 Å². The highest BCUT2D eigenvalue weighted by molar-refractivity contribution is 7.91. The molecule has 2 aliphatic rings. The molecule has 1 aromatic heterocycles. The van der Waals surface area contributed by atoms with Crippen molar-refractivity contribution in [1.29, 1.82) is 0 Å². The highest BCUT2D eigenvalue weighted by atomic mass is 32.2. The van der Waals surface area contributed by atoms with Crippen LogP contribution in [-0.4, -0.2) is 54.0 Å². The minimum atomic E-state index is -3.13. The van der Waals surface area contributed by atoms with Gasteiger partial charge in [0.25, 0.3) is 0 Å². The fourth-order valence-electron chi connectivity index (χ4n) is 5.70. The highest BCUT2D eigenvalue weighted by Gasteiger charge is 2.31. The number of hydrogen-bond acceptors (Lipinski definition) is 6. The Morgan fingerprint density at radius 2 is 1.98 bits per heavy atom. The van der Waals surface area contributed by atoms with E-state index in [1.54, 1.807) is 13.0 Å². The van der Waals surface area contributed by atoms with Gasteiger partial charge in [-0.3, -0.25) is 14.7 Å². The molecule has 1 fully saturated rings. The van der Waals surface area contributed by atoms with Crippen LogP contribution in [-0.2, 0) is 34.0 Å². The Hall–Kier alpha value is -3.30. The van der Waals surface area contributed by atoms with Crippen LogP contribution in [0.4, 0.5) is 4.39 Å². The summed E-state index contributed by atoms with van der Waals surface area (Å²) < 4.78 is 45.7.